The van der Waals surface area contributed by atoms with Crippen LogP contribution < -0.4 is 20.3 Å². The Morgan fingerprint density at radius 2 is 1.86 bits per heavy atom. The fourth-order valence-corrected chi connectivity index (χ4v) is 4.69. The molecule has 0 radical (unpaired) electrons. The van der Waals surface area contributed by atoms with Gasteiger partial charge in [0, 0.05) is 36.6 Å². The lowest BCUT2D eigenvalue weighted by molar-refractivity contribution is -0.132. The fourth-order valence-electron chi connectivity index (χ4n) is 4.69. The molecule has 11 nitrogen and oxygen atoms in total. The molecule has 2 N–H and O–H groups in total. The second-order valence-electron chi connectivity index (χ2n) is 9.78. The standard InChI is InChI=1S/C31H33N5O6/c1-2-3-9-23(36-21-35(22-10-5-4-6-11-22)19-25(31(36)41)34-20-37)13-16-28(39)33-18-24-27(15-14-26(38)30(24)40)42-29-12-7-8-17-32-29/h4-8,10-12,14-15,17,19-20,23H,2-3,9,13,16,18,21H2,1H3,(H,33,39)(H,34,37). The Morgan fingerprint density at radius 1 is 1.07 bits per heavy atom. The molecule has 2 aliphatic rings. The number of ketones is 2. The third-order valence-electron chi connectivity index (χ3n) is 6.92. The van der Waals surface area contributed by atoms with Crippen LogP contribution in [0.15, 0.2) is 90.1 Å². The molecule has 1 unspecified atom stereocenters. The second kappa shape index (κ2) is 14.5. The zero-order chi connectivity index (χ0) is 29.9. The van der Waals surface area contributed by atoms with E-state index in [2.05, 4.69) is 15.6 Å². The summed E-state index contributed by atoms with van der Waals surface area (Å²) in [5.41, 5.74) is 1.03. The van der Waals surface area contributed by atoms with Crippen molar-refractivity contribution in [3.8, 4) is 5.88 Å². The van der Waals surface area contributed by atoms with Crippen LogP contribution in [-0.4, -0.2) is 58.9 Å². The molecule has 3 amide bonds. The zero-order valence-electron chi connectivity index (χ0n) is 23.3. The second-order valence-corrected chi connectivity index (χ2v) is 9.78. The average Bonchev–Trinajstić information content (AvgIpc) is 3.01. The molecule has 0 saturated carbocycles. The van der Waals surface area contributed by atoms with Gasteiger partial charge in [-0.2, -0.15) is 0 Å². The molecule has 4 rings (SSSR count). The van der Waals surface area contributed by atoms with E-state index in [1.54, 1.807) is 29.3 Å². The number of aromatic nitrogens is 1. The summed E-state index contributed by atoms with van der Waals surface area (Å²) in [4.78, 5) is 69.8. The Kier molecular flexibility index (Phi) is 10.4. The molecule has 0 bridgehead atoms. The van der Waals surface area contributed by atoms with Crippen molar-refractivity contribution in [1.29, 1.82) is 0 Å². The number of unbranched alkanes of at least 4 members (excludes halogenated alkanes) is 1. The predicted molar refractivity (Wildman–Crippen MR) is 155 cm³/mol. The van der Waals surface area contributed by atoms with E-state index in [0.717, 1.165) is 24.6 Å². The molecule has 42 heavy (non-hydrogen) atoms. The first-order chi connectivity index (χ1) is 20.4. The maximum absolute atomic E-state index is 13.3. The number of para-hydroxylation sites is 1. The first-order valence-electron chi connectivity index (χ1n) is 13.8. The molecule has 0 spiro atoms. The molecular formula is C31H33N5O6. The van der Waals surface area contributed by atoms with Gasteiger partial charge in [-0.15, -0.1) is 0 Å². The number of hydrogen-bond acceptors (Lipinski definition) is 8. The number of hydrogen-bond donors (Lipinski definition) is 2. The smallest absolute Gasteiger partial charge is 0.273 e. The summed E-state index contributed by atoms with van der Waals surface area (Å²) in [7, 11) is 0. The maximum atomic E-state index is 13.3. The monoisotopic (exact) mass is 571 g/mol. The molecule has 1 aromatic heterocycles. The summed E-state index contributed by atoms with van der Waals surface area (Å²) in [6, 6.07) is 14.2. The Balaban J connectivity index is 1.45. The van der Waals surface area contributed by atoms with Gasteiger partial charge >= 0.3 is 0 Å². The average molecular weight is 572 g/mol. The van der Waals surface area contributed by atoms with Gasteiger partial charge in [-0.05, 0) is 43.2 Å². The van der Waals surface area contributed by atoms with Crippen molar-refractivity contribution >= 4 is 35.5 Å². The first-order valence-corrected chi connectivity index (χ1v) is 13.8. The van der Waals surface area contributed by atoms with Crippen molar-refractivity contribution in [1.82, 2.24) is 20.5 Å². The van der Waals surface area contributed by atoms with Crippen LogP contribution in [0.25, 0.3) is 0 Å². The van der Waals surface area contributed by atoms with Crippen molar-refractivity contribution in [2.24, 2.45) is 0 Å². The molecule has 218 valence electrons. The number of benzene rings is 1. The van der Waals surface area contributed by atoms with Crippen molar-refractivity contribution in [2.75, 3.05) is 18.1 Å². The summed E-state index contributed by atoms with van der Waals surface area (Å²) in [5.74, 6) is -1.74. The Bertz CT molecular complexity index is 1400. The van der Waals surface area contributed by atoms with Crippen LogP contribution in [0.3, 0.4) is 0 Å². The number of rotatable bonds is 14. The van der Waals surface area contributed by atoms with E-state index >= 15 is 0 Å². The minimum Gasteiger partial charge on any atom is -0.439 e. The summed E-state index contributed by atoms with van der Waals surface area (Å²) < 4.78 is 5.70. The highest BCUT2D eigenvalue weighted by Crippen LogP contribution is 2.25. The number of Topliss-reactive ketones (excluding diaryl/α,β-unsaturated/α-hetero) is 1. The first kappa shape index (κ1) is 29.9. The highest BCUT2D eigenvalue weighted by molar-refractivity contribution is 6.48. The van der Waals surface area contributed by atoms with Crippen molar-refractivity contribution in [3.63, 3.8) is 0 Å². The van der Waals surface area contributed by atoms with Gasteiger partial charge in [0.25, 0.3) is 5.91 Å². The van der Waals surface area contributed by atoms with Crippen LogP contribution in [0.4, 0.5) is 5.69 Å². The predicted octanol–water partition coefficient (Wildman–Crippen LogP) is 2.77. The Hall–Kier alpha value is -5.06. The minimum atomic E-state index is -0.758. The fraction of sp³-hybridized carbons (Fsp3) is 0.290. The largest absolute Gasteiger partial charge is 0.439 e. The van der Waals surface area contributed by atoms with E-state index in [0.29, 0.717) is 19.3 Å². The zero-order valence-corrected chi connectivity index (χ0v) is 23.3. The molecule has 0 fully saturated rings. The molecule has 1 aliphatic heterocycles. The third-order valence-corrected chi connectivity index (χ3v) is 6.92. The van der Waals surface area contributed by atoms with Crippen molar-refractivity contribution in [3.05, 3.63) is 90.1 Å². The number of nitrogens with zero attached hydrogens (tertiary/aromatic N) is 3. The number of carbonyl (C=O) groups is 5. The third kappa shape index (κ3) is 7.57. The lowest BCUT2D eigenvalue weighted by Crippen LogP contribution is -2.52. The van der Waals surface area contributed by atoms with Gasteiger partial charge in [0.2, 0.25) is 29.8 Å². The van der Waals surface area contributed by atoms with Gasteiger partial charge in [0.1, 0.15) is 11.5 Å². The van der Waals surface area contributed by atoms with E-state index < -0.39 is 11.6 Å². The van der Waals surface area contributed by atoms with Gasteiger partial charge in [0.05, 0.1) is 18.8 Å². The molecule has 2 heterocycles. The number of anilines is 1. The number of nitrogens with one attached hydrogen (secondary N) is 2. The quantitative estimate of drug-likeness (QED) is 0.201. The minimum absolute atomic E-state index is 0.0310. The molecule has 2 aromatic rings. The van der Waals surface area contributed by atoms with E-state index in [1.807, 2.05) is 42.2 Å². The number of amides is 3. The molecule has 1 atom stereocenters. The van der Waals surface area contributed by atoms with Gasteiger partial charge < -0.3 is 25.2 Å². The van der Waals surface area contributed by atoms with E-state index in [-0.39, 0.29) is 60.4 Å². The molecule has 11 heteroatoms. The van der Waals surface area contributed by atoms with Crippen molar-refractivity contribution < 1.29 is 28.7 Å². The van der Waals surface area contributed by atoms with Crippen LogP contribution >= 0.6 is 0 Å². The highest BCUT2D eigenvalue weighted by atomic mass is 16.5. The van der Waals surface area contributed by atoms with Crippen LogP contribution in [-0.2, 0) is 24.0 Å². The van der Waals surface area contributed by atoms with Gasteiger partial charge in [-0.1, -0.05) is 44.0 Å². The van der Waals surface area contributed by atoms with Crippen LogP contribution in [0.1, 0.15) is 39.0 Å². The Morgan fingerprint density at radius 3 is 2.57 bits per heavy atom. The van der Waals surface area contributed by atoms with Gasteiger partial charge in [-0.3, -0.25) is 24.0 Å². The van der Waals surface area contributed by atoms with E-state index in [1.165, 1.54) is 12.3 Å². The summed E-state index contributed by atoms with van der Waals surface area (Å²) in [5, 5.41) is 5.23. The number of ether oxygens (including phenoxy) is 1. The van der Waals surface area contributed by atoms with Crippen molar-refractivity contribution in [2.45, 2.75) is 45.1 Å². The van der Waals surface area contributed by atoms with E-state index in [9.17, 15) is 24.0 Å². The number of pyridine rings is 1. The molecule has 0 saturated heterocycles. The van der Waals surface area contributed by atoms with Gasteiger partial charge in [0.15, 0.2) is 0 Å². The molecule has 1 aliphatic carbocycles. The molecular weight excluding hydrogens is 538 g/mol. The van der Waals surface area contributed by atoms with E-state index in [4.69, 9.17) is 4.74 Å². The SMILES string of the molecule is CCCCC(CCC(=O)NCC1=C(Oc2ccccn2)C=CC(=O)C1=O)N1CN(c2ccccc2)C=C(NC=O)C1=O. The topological polar surface area (TPSA) is 138 Å². The summed E-state index contributed by atoms with van der Waals surface area (Å²) in [6.07, 6.45) is 8.97. The summed E-state index contributed by atoms with van der Waals surface area (Å²) >= 11 is 0. The maximum Gasteiger partial charge on any atom is 0.273 e. The summed E-state index contributed by atoms with van der Waals surface area (Å²) in [6.45, 7) is 2.11. The van der Waals surface area contributed by atoms with Crippen LogP contribution in [0.2, 0.25) is 0 Å². The lowest BCUT2D eigenvalue weighted by Gasteiger charge is -2.40. The van der Waals surface area contributed by atoms with Crippen LogP contribution in [0.5, 0.6) is 5.88 Å². The molecule has 1 aromatic carbocycles. The Labute approximate surface area is 243 Å². The normalized spacial score (nSPS) is 15.8. The number of allylic oxidation sites excluding steroid dienone is 2. The van der Waals surface area contributed by atoms with Crippen LogP contribution in [0, 0.1) is 0 Å². The number of carbonyl (C=O) groups excluding carboxylic acids is 5. The lowest BCUT2D eigenvalue weighted by atomic mass is 10.00. The highest BCUT2D eigenvalue weighted by Gasteiger charge is 2.32. The van der Waals surface area contributed by atoms with Gasteiger partial charge in [-0.25, -0.2) is 4.98 Å².